The summed E-state index contributed by atoms with van der Waals surface area (Å²) in [5, 5.41) is 3.61. The van der Waals surface area contributed by atoms with Gasteiger partial charge in [0.1, 0.15) is 5.78 Å². The SMILES string of the molecule is CCCCC(=O)CCO[Si](c1ccccc1)(c1ccccc1)c1ccccc1. The van der Waals surface area contributed by atoms with Gasteiger partial charge in [-0.15, -0.1) is 0 Å². The number of carbonyl (C=O) groups is 1. The highest BCUT2D eigenvalue weighted by Gasteiger charge is 2.41. The second-order valence-corrected chi connectivity index (χ2v) is 10.4. The topological polar surface area (TPSA) is 26.3 Å². The van der Waals surface area contributed by atoms with Crippen LogP contribution in [0.2, 0.25) is 0 Å². The predicted octanol–water partition coefficient (Wildman–Crippen LogP) is 3.82. The fraction of sp³-hybridized carbons (Fsp3) is 0.240. The Morgan fingerprint density at radius 3 is 1.54 bits per heavy atom. The average molecular weight is 389 g/mol. The molecule has 0 bridgehead atoms. The van der Waals surface area contributed by atoms with Gasteiger partial charge in [-0.2, -0.15) is 0 Å². The van der Waals surface area contributed by atoms with E-state index >= 15 is 0 Å². The summed E-state index contributed by atoms with van der Waals surface area (Å²) in [6.07, 6.45) is 3.12. The molecule has 0 aliphatic rings. The summed E-state index contributed by atoms with van der Waals surface area (Å²) in [6.45, 7) is 2.56. The molecule has 0 amide bonds. The molecule has 0 saturated carbocycles. The first-order valence-electron chi connectivity index (χ1n) is 10.1. The predicted molar refractivity (Wildman–Crippen MR) is 119 cm³/mol. The van der Waals surface area contributed by atoms with E-state index in [1.165, 1.54) is 15.6 Å². The Morgan fingerprint density at radius 1 is 0.714 bits per heavy atom. The molecule has 0 heterocycles. The van der Waals surface area contributed by atoms with Crippen LogP contribution < -0.4 is 15.6 Å². The minimum atomic E-state index is -2.67. The number of carbonyl (C=O) groups excluding carboxylic acids is 1. The molecule has 3 rings (SSSR count). The Balaban J connectivity index is 2.00. The van der Waals surface area contributed by atoms with Gasteiger partial charge in [-0.1, -0.05) is 104 Å². The first-order chi connectivity index (χ1) is 13.8. The molecule has 0 spiro atoms. The van der Waals surface area contributed by atoms with Crippen LogP contribution in [0.25, 0.3) is 0 Å². The van der Waals surface area contributed by atoms with Gasteiger partial charge in [-0.3, -0.25) is 4.79 Å². The summed E-state index contributed by atoms with van der Waals surface area (Å²) in [6, 6.07) is 31.5. The van der Waals surface area contributed by atoms with Gasteiger partial charge in [0, 0.05) is 19.4 Å². The zero-order valence-electron chi connectivity index (χ0n) is 16.5. The summed E-state index contributed by atoms with van der Waals surface area (Å²) in [5.41, 5.74) is 0. The van der Waals surface area contributed by atoms with Crippen molar-refractivity contribution in [2.45, 2.75) is 32.6 Å². The van der Waals surface area contributed by atoms with Crippen molar-refractivity contribution in [1.29, 1.82) is 0 Å². The first kappa shape index (κ1) is 20.2. The number of hydrogen-bond donors (Lipinski definition) is 0. The van der Waals surface area contributed by atoms with E-state index in [2.05, 4.69) is 79.7 Å². The molecule has 28 heavy (non-hydrogen) atoms. The molecule has 0 saturated heterocycles. The molecule has 3 heteroatoms. The smallest absolute Gasteiger partial charge is 0.288 e. The van der Waals surface area contributed by atoms with Crippen LogP contribution in [0.4, 0.5) is 0 Å². The minimum Gasteiger partial charge on any atom is -0.404 e. The molecule has 3 aromatic carbocycles. The van der Waals surface area contributed by atoms with E-state index in [1.807, 2.05) is 18.2 Å². The number of benzene rings is 3. The lowest BCUT2D eigenvalue weighted by Crippen LogP contribution is -2.69. The third-order valence-corrected chi connectivity index (χ3v) is 9.13. The van der Waals surface area contributed by atoms with Crippen LogP contribution in [0.1, 0.15) is 32.6 Å². The molecular formula is C25H28O2Si. The highest BCUT2D eigenvalue weighted by Crippen LogP contribution is 2.11. The fourth-order valence-electron chi connectivity index (χ4n) is 3.59. The van der Waals surface area contributed by atoms with Crippen molar-refractivity contribution in [2.75, 3.05) is 6.61 Å². The number of rotatable bonds is 10. The molecule has 0 fully saturated rings. The third-order valence-electron chi connectivity index (χ3n) is 5.05. The van der Waals surface area contributed by atoms with E-state index in [0.29, 0.717) is 25.2 Å². The van der Waals surface area contributed by atoms with Crippen LogP contribution in [0, 0.1) is 0 Å². The van der Waals surface area contributed by atoms with E-state index in [-0.39, 0.29) is 0 Å². The van der Waals surface area contributed by atoms with Gasteiger partial charge >= 0.3 is 0 Å². The zero-order valence-corrected chi connectivity index (χ0v) is 17.5. The molecule has 0 aliphatic carbocycles. The second kappa shape index (κ2) is 10.2. The normalized spacial score (nSPS) is 11.3. The van der Waals surface area contributed by atoms with Crippen molar-refractivity contribution in [3.05, 3.63) is 91.0 Å². The van der Waals surface area contributed by atoms with Gasteiger partial charge in [0.2, 0.25) is 0 Å². The standard InChI is InChI=1S/C25H28O2Si/c1-2-3-13-22(26)20-21-27-28(23-14-7-4-8-15-23,24-16-9-5-10-17-24)25-18-11-6-12-19-25/h4-12,14-19H,2-3,13,20-21H2,1H3. The molecule has 0 unspecified atom stereocenters. The molecule has 3 aromatic rings. The van der Waals surface area contributed by atoms with Crippen molar-refractivity contribution in [3.8, 4) is 0 Å². The summed E-state index contributed by atoms with van der Waals surface area (Å²) in [4.78, 5) is 12.2. The van der Waals surface area contributed by atoms with Crippen LogP contribution in [-0.2, 0) is 9.22 Å². The van der Waals surface area contributed by atoms with Gasteiger partial charge in [0.15, 0.2) is 0 Å². The first-order valence-corrected chi connectivity index (χ1v) is 12.0. The molecule has 0 N–H and O–H groups in total. The van der Waals surface area contributed by atoms with Crippen LogP contribution >= 0.6 is 0 Å². The van der Waals surface area contributed by atoms with E-state index in [9.17, 15) is 4.79 Å². The van der Waals surface area contributed by atoms with Gasteiger partial charge in [0.25, 0.3) is 8.32 Å². The van der Waals surface area contributed by atoms with Crippen LogP contribution in [0.3, 0.4) is 0 Å². The molecule has 144 valence electrons. The lowest BCUT2D eigenvalue weighted by atomic mass is 10.1. The monoisotopic (exact) mass is 388 g/mol. The molecular weight excluding hydrogens is 360 g/mol. The largest absolute Gasteiger partial charge is 0.404 e. The summed E-state index contributed by atoms with van der Waals surface area (Å²) >= 11 is 0. The maximum Gasteiger partial charge on any atom is 0.288 e. The summed E-state index contributed by atoms with van der Waals surface area (Å²) in [7, 11) is -2.67. The van der Waals surface area contributed by atoms with Gasteiger partial charge in [-0.25, -0.2) is 0 Å². The molecule has 0 atom stereocenters. The summed E-state index contributed by atoms with van der Waals surface area (Å²) in [5.74, 6) is 0.291. The molecule has 2 nitrogen and oxygen atoms in total. The Hall–Kier alpha value is -2.49. The van der Waals surface area contributed by atoms with Gasteiger partial charge in [0.05, 0.1) is 0 Å². The summed E-state index contributed by atoms with van der Waals surface area (Å²) < 4.78 is 6.76. The molecule has 0 aliphatic heterocycles. The average Bonchev–Trinajstić information content (AvgIpc) is 2.77. The quantitative estimate of drug-likeness (QED) is 0.390. The van der Waals surface area contributed by atoms with E-state index in [1.54, 1.807) is 0 Å². The highest BCUT2D eigenvalue weighted by atomic mass is 28.4. The van der Waals surface area contributed by atoms with Crippen molar-refractivity contribution >= 4 is 29.7 Å². The number of hydrogen-bond acceptors (Lipinski definition) is 2. The van der Waals surface area contributed by atoms with Crippen molar-refractivity contribution in [3.63, 3.8) is 0 Å². The van der Waals surface area contributed by atoms with E-state index in [0.717, 1.165) is 12.8 Å². The van der Waals surface area contributed by atoms with Crippen LogP contribution in [-0.4, -0.2) is 20.7 Å². The highest BCUT2D eigenvalue weighted by molar-refractivity contribution is 7.07. The van der Waals surface area contributed by atoms with Crippen LogP contribution in [0.15, 0.2) is 91.0 Å². The Bertz CT molecular complexity index is 751. The molecule has 0 radical (unpaired) electrons. The Morgan fingerprint density at radius 2 is 1.14 bits per heavy atom. The second-order valence-electron chi connectivity index (χ2n) is 7.02. The zero-order chi connectivity index (χ0) is 19.7. The maximum absolute atomic E-state index is 12.2. The van der Waals surface area contributed by atoms with Crippen molar-refractivity contribution in [2.24, 2.45) is 0 Å². The number of Topliss-reactive ketones (excluding diaryl/α,β-unsaturated/α-hetero) is 1. The lowest BCUT2D eigenvalue weighted by molar-refractivity contribution is -0.119. The van der Waals surface area contributed by atoms with Crippen molar-refractivity contribution < 1.29 is 9.22 Å². The van der Waals surface area contributed by atoms with Crippen LogP contribution in [0.5, 0.6) is 0 Å². The number of ketones is 1. The maximum atomic E-state index is 12.2. The minimum absolute atomic E-state index is 0.291. The van der Waals surface area contributed by atoms with E-state index in [4.69, 9.17) is 4.43 Å². The van der Waals surface area contributed by atoms with Gasteiger partial charge < -0.3 is 4.43 Å². The van der Waals surface area contributed by atoms with Gasteiger partial charge in [-0.05, 0) is 22.0 Å². The third kappa shape index (κ3) is 4.67. The van der Waals surface area contributed by atoms with Crippen molar-refractivity contribution in [1.82, 2.24) is 0 Å². The Kier molecular flexibility index (Phi) is 7.35. The lowest BCUT2D eigenvalue weighted by Gasteiger charge is -2.33. The van der Waals surface area contributed by atoms with E-state index < -0.39 is 8.32 Å². The Labute approximate surface area is 169 Å². The molecule has 0 aromatic heterocycles. The fourth-order valence-corrected chi connectivity index (χ4v) is 7.48. The number of unbranched alkanes of at least 4 members (excludes halogenated alkanes) is 1.